The van der Waals surface area contributed by atoms with Crippen molar-refractivity contribution in [2.75, 3.05) is 6.16 Å². The largest absolute Gasteiger partial charge is 0.325 e. The van der Waals surface area contributed by atoms with Gasteiger partial charge in [0.15, 0.2) is 0 Å². The number of allylic oxidation sites excluding steroid dienone is 1. The summed E-state index contributed by atoms with van der Waals surface area (Å²) in [4.78, 5) is 0. The summed E-state index contributed by atoms with van der Waals surface area (Å²) in [5.41, 5.74) is 6.82. The standard InChI is InChI=1S/C6H14NP/c1-5(4-8)3-6(2)7/h3,6H,4,7-8H2,1-2H3. The quantitative estimate of drug-likeness (QED) is 0.441. The van der Waals surface area contributed by atoms with Gasteiger partial charge in [-0.05, 0) is 20.0 Å². The third kappa shape index (κ3) is 4.29. The summed E-state index contributed by atoms with van der Waals surface area (Å²) in [6.07, 6.45) is 3.09. The van der Waals surface area contributed by atoms with Gasteiger partial charge in [-0.15, -0.1) is 9.24 Å². The molecule has 0 aliphatic carbocycles. The van der Waals surface area contributed by atoms with Crippen molar-refractivity contribution in [3.05, 3.63) is 11.6 Å². The van der Waals surface area contributed by atoms with Gasteiger partial charge < -0.3 is 5.73 Å². The van der Waals surface area contributed by atoms with Gasteiger partial charge in [0.2, 0.25) is 0 Å². The van der Waals surface area contributed by atoms with Crippen molar-refractivity contribution >= 4 is 9.24 Å². The van der Waals surface area contributed by atoms with E-state index in [9.17, 15) is 0 Å². The normalized spacial score (nSPS) is 16.2. The van der Waals surface area contributed by atoms with Crippen molar-refractivity contribution < 1.29 is 0 Å². The predicted octanol–water partition coefficient (Wildman–Crippen LogP) is 1.15. The van der Waals surface area contributed by atoms with Crippen molar-refractivity contribution in [1.82, 2.24) is 0 Å². The van der Waals surface area contributed by atoms with Gasteiger partial charge in [0.25, 0.3) is 0 Å². The summed E-state index contributed by atoms with van der Waals surface area (Å²) in [6, 6.07) is 0.204. The summed E-state index contributed by atoms with van der Waals surface area (Å²) in [6.45, 7) is 4.06. The van der Waals surface area contributed by atoms with Gasteiger partial charge in [0.05, 0.1) is 0 Å². The van der Waals surface area contributed by atoms with E-state index < -0.39 is 0 Å². The minimum Gasteiger partial charge on any atom is -0.325 e. The third-order valence-electron chi connectivity index (χ3n) is 0.869. The maximum atomic E-state index is 5.48. The first-order valence-electron chi connectivity index (χ1n) is 2.79. The molecule has 0 spiro atoms. The molecule has 0 aromatic heterocycles. The van der Waals surface area contributed by atoms with Crippen molar-refractivity contribution in [2.45, 2.75) is 19.9 Å². The Morgan fingerprint density at radius 2 is 2.38 bits per heavy atom. The first-order chi connectivity index (χ1) is 3.66. The smallest absolute Gasteiger partial charge is 0.0197 e. The fraction of sp³-hybridized carbons (Fsp3) is 0.667. The van der Waals surface area contributed by atoms with Gasteiger partial charge in [-0.1, -0.05) is 11.6 Å². The summed E-state index contributed by atoms with van der Waals surface area (Å²) in [5.74, 6) is 0. The fourth-order valence-electron chi connectivity index (χ4n) is 0.517. The van der Waals surface area contributed by atoms with Gasteiger partial charge in [-0.3, -0.25) is 0 Å². The van der Waals surface area contributed by atoms with Crippen LogP contribution >= 0.6 is 9.24 Å². The van der Waals surface area contributed by atoms with Crippen LogP contribution in [0.15, 0.2) is 11.6 Å². The highest BCUT2D eigenvalue weighted by molar-refractivity contribution is 7.16. The monoisotopic (exact) mass is 131 g/mol. The summed E-state index contributed by atoms with van der Waals surface area (Å²) < 4.78 is 0. The number of hydrogen-bond donors (Lipinski definition) is 1. The van der Waals surface area contributed by atoms with Gasteiger partial charge in [0.1, 0.15) is 0 Å². The zero-order chi connectivity index (χ0) is 6.57. The van der Waals surface area contributed by atoms with E-state index in [1.54, 1.807) is 0 Å². The van der Waals surface area contributed by atoms with Gasteiger partial charge >= 0.3 is 0 Å². The van der Waals surface area contributed by atoms with Crippen LogP contribution < -0.4 is 5.73 Å². The predicted molar refractivity (Wildman–Crippen MR) is 42.0 cm³/mol. The van der Waals surface area contributed by atoms with Crippen LogP contribution in [0.3, 0.4) is 0 Å². The number of rotatable bonds is 2. The average molecular weight is 131 g/mol. The second-order valence-corrected chi connectivity index (χ2v) is 2.48. The number of nitrogens with two attached hydrogens (primary N) is 1. The van der Waals surface area contributed by atoms with Crippen molar-refractivity contribution in [3.8, 4) is 0 Å². The van der Waals surface area contributed by atoms with E-state index in [1.807, 2.05) is 6.92 Å². The molecule has 2 heteroatoms. The lowest BCUT2D eigenvalue weighted by Crippen LogP contribution is -2.11. The Morgan fingerprint density at radius 3 is 2.50 bits per heavy atom. The van der Waals surface area contributed by atoms with E-state index in [4.69, 9.17) is 5.73 Å². The molecule has 0 heterocycles. The van der Waals surface area contributed by atoms with Crippen LogP contribution in [0.1, 0.15) is 13.8 Å². The Bertz CT molecular complexity index is 86.5. The molecule has 0 radical (unpaired) electrons. The van der Waals surface area contributed by atoms with E-state index in [1.165, 1.54) is 5.57 Å². The van der Waals surface area contributed by atoms with E-state index in [0.29, 0.717) is 0 Å². The molecule has 8 heavy (non-hydrogen) atoms. The lowest BCUT2D eigenvalue weighted by Gasteiger charge is -1.97. The minimum absolute atomic E-state index is 0.204. The van der Waals surface area contributed by atoms with Crippen molar-refractivity contribution in [1.29, 1.82) is 0 Å². The van der Waals surface area contributed by atoms with Crippen LogP contribution in [-0.4, -0.2) is 12.2 Å². The van der Waals surface area contributed by atoms with Gasteiger partial charge in [-0.25, -0.2) is 0 Å². The molecule has 0 aromatic rings. The fourth-order valence-corrected chi connectivity index (χ4v) is 0.653. The molecule has 0 aliphatic heterocycles. The molecule has 2 unspecified atom stereocenters. The van der Waals surface area contributed by atoms with E-state index in [0.717, 1.165) is 6.16 Å². The topological polar surface area (TPSA) is 26.0 Å². The molecule has 0 saturated carbocycles. The lowest BCUT2D eigenvalue weighted by molar-refractivity contribution is 0.914. The minimum atomic E-state index is 0.204. The van der Waals surface area contributed by atoms with Gasteiger partial charge in [0, 0.05) is 6.04 Å². The van der Waals surface area contributed by atoms with E-state index in [2.05, 4.69) is 22.2 Å². The molecule has 0 saturated heterocycles. The second kappa shape index (κ2) is 4.05. The van der Waals surface area contributed by atoms with Crippen LogP contribution in [0.5, 0.6) is 0 Å². The van der Waals surface area contributed by atoms with E-state index in [-0.39, 0.29) is 6.04 Å². The van der Waals surface area contributed by atoms with Crippen LogP contribution in [0.25, 0.3) is 0 Å². The van der Waals surface area contributed by atoms with Gasteiger partial charge in [-0.2, -0.15) is 0 Å². The molecule has 0 amide bonds. The van der Waals surface area contributed by atoms with Crippen LogP contribution in [0.4, 0.5) is 0 Å². The first kappa shape index (κ1) is 8.13. The van der Waals surface area contributed by atoms with Crippen LogP contribution in [-0.2, 0) is 0 Å². The number of hydrogen-bond acceptors (Lipinski definition) is 1. The zero-order valence-electron chi connectivity index (χ0n) is 5.52. The Morgan fingerprint density at radius 1 is 1.88 bits per heavy atom. The Balaban J connectivity index is 3.56. The van der Waals surface area contributed by atoms with E-state index >= 15 is 0 Å². The Kier molecular flexibility index (Phi) is 4.12. The summed E-state index contributed by atoms with van der Waals surface area (Å²) in [5, 5.41) is 0. The van der Waals surface area contributed by atoms with Crippen LogP contribution in [0, 0.1) is 0 Å². The molecule has 0 fully saturated rings. The highest BCUT2D eigenvalue weighted by atomic mass is 31.0. The molecule has 2 N–H and O–H groups in total. The molecule has 0 aliphatic rings. The first-order valence-corrected chi connectivity index (χ1v) is 3.61. The molecular weight excluding hydrogens is 117 g/mol. The summed E-state index contributed by atoms with van der Waals surface area (Å²) in [7, 11) is 2.66. The molecule has 2 atom stereocenters. The maximum absolute atomic E-state index is 5.48. The summed E-state index contributed by atoms with van der Waals surface area (Å²) >= 11 is 0. The molecule has 1 nitrogen and oxygen atoms in total. The Labute approximate surface area is 53.5 Å². The highest BCUT2D eigenvalue weighted by Crippen LogP contribution is 1.97. The Hall–Kier alpha value is 0.130. The average Bonchev–Trinajstić information content (AvgIpc) is 1.65. The molecule has 0 bridgehead atoms. The second-order valence-electron chi connectivity index (χ2n) is 2.08. The van der Waals surface area contributed by atoms with Crippen molar-refractivity contribution in [3.63, 3.8) is 0 Å². The molecule has 0 rings (SSSR count). The zero-order valence-corrected chi connectivity index (χ0v) is 6.67. The molecule has 48 valence electrons. The van der Waals surface area contributed by atoms with Crippen LogP contribution in [0.2, 0.25) is 0 Å². The molecule has 0 aromatic carbocycles. The van der Waals surface area contributed by atoms with Crippen molar-refractivity contribution in [2.24, 2.45) is 5.73 Å². The SMILES string of the molecule is CC(=CC(C)N)CP. The highest BCUT2D eigenvalue weighted by Gasteiger charge is 1.86. The lowest BCUT2D eigenvalue weighted by atomic mass is 10.2. The third-order valence-corrected chi connectivity index (χ3v) is 1.51. The molecular formula is C6H14NP. The maximum Gasteiger partial charge on any atom is 0.0197 e.